The van der Waals surface area contributed by atoms with Gasteiger partial charge in [0, 0.05) is 40.2 Å². The predicted molar refractivity (Wildman–Crippen MR) is 216 cm³/mol. The molecule has 55 heavy (non-hydrogen) atoms. The molecule has 7 N–H and O–H groups in total. The van der Waals surface area contributed by atoms with Crippen LogP contribution in [-0.4, -0.2) is 58.7 Å². The number of rotatable bonds is 19. The Balaban J connectivity index is 1.24. The maximum absolute atomic E-state index is 13.3. The highest BCUT2D eigenvalue weighted by Gasteiger charge is 2.25. The molecule has 0 aliphatic carbocycles. The number of halogens is 1. The lowest BCUT2D eigenvalue weighted by Gasteiger charge is -2.22. The van der Waals surface area contributed by atoms with E-state index in [4.69, 9.17) is 34.2 Å². The summed E-state index contributed by atoms with van der Waals surface area (Å²) in [4.78, 5) is 34.5. The van der Waals surface area contributed by atoms with Gasteiger partial charge in [-0.05, 0) is 54.8 Å². The molecule has 0 bridgehead atoms. The summed E-state index contributed by atoms with van der Waals surface area (Å²) in [5, 5.41) is 37.6. The van der Waals surface area contributed by atoms with Crippen LogP contribution >= 0.6 is 34.7 Å². The normalized spacial score (nSPS) is 12.3. The van der Waals surface area contributed by atoms with E-state index in [0.717, 1.165) is 27.1 Å². The molecule has 0 radical (unpaired) electrons. The Hall–Kier alpha value is -5.48. The van der Waals surface area contributed by atoms with E-state index < -0.39 is 24.0 Å². The van der Waals surface area contributed by atoms with Crippen LogP contribution in [-0.2, 0) is 21.8 Å². The summed E-state index contributed by atoms with van der Waals surface area (Å²) in [5.74, 6) is -0.859. The Morgan fingerprint density at radius 2 is 1.69 bits per heavy atom. The second kappa shape index (κ2) is 20.3. The highest BCUT2D eigenvalue weighted by Crippen LogP contribution is 2.37. The molecule has 0 aliphatic heterocycles. The number of benzene rings is 3. The Kier molecular flexibility index (Phi) is 14.5. The molecule has 12 nitrogen and oxygen atoms in total. The molecule has 282 valence electrons. The van der Waals surface area contributed by atoms with Gasteiger partial charge in [-0.15, -0.1) is 11.3 Å². The number of nitrogens with one attached hydrogen (secondary N) is 2. The lowest BCUT2D eigenvalue weighted by molar-refractivity contribution is -0.142. The molecule has 1 amide bonds. The number of thiazole rings is 1. The van der Waals surface area contributed by atoms with Crippen molar-refractivity contribution in [3.63, 3.8) is 0 Å². The van der Waals surface area contributed by atoms with Crippen molar-refractivity contribution < 1.29 is 20.8 Å². The smallest absolute Gasteiger partial charge is 0.326 e. The summed E-state index contributed by atoms with van der Waals surface area (Å²) in [5.41, 5.74) is 15.6. The molecule has 2 aromatic heterocycles. The molecular formula is C40H39ClN8O4S2. The van der Waals surface area contributed by atoms with Crippen LogP contribution < -0.4 is 26.8 Å². The van der Waals surface area contributed by atoms with E-state index >= 15 is 0 Å². The van der Waals surface area contributed by atoms with Crippen molar-refractivity contribution in [2.75, 3.05) is 25.4 Å². The molecular weight excluding hydrogens is 756 g/mol. The molecule has 0 saturated carbocycles. The van der Waals surface area contributed by atoms with Gasteiger partial charge in [-0.2, -0.15) is 10.5 Å². The largest absolute Gasteiger partial charge is 0.492 e. The number of unbranched alkanes of at least 4 members (excludes halogenated alkanes) is 1. The number of carboxylic acids is 1. The third kappa shape index (κ3) is 11.3. The fraction of sp³-hybridized carbons (Fsp3) is 0.250. The number of hydrogen-bond acceptors (Lipinski definition) is 12. The van der Waals surface area contributed by atoms with Gasteiger partial charge in [0.05, 0.1) is 17.3 Å². The Labute approximate surface area is 334 Å². The molecule has 5 aromatic rings. The first-order valence-electron chi connectivity index (χ1n) is 17.8. The number of nitrogen functional groups attached to an aromatic ring is 1. The quantitative estimate of drug-likeness (QED) is 0.0453. The topological polar surface area (TPSA) is 213 Å². The van der Waals surface area contributed by atoms with E-state index in [0.29, 0.717) is 58.5 Å². The summed E-state index contributed by atoms with van der Waals surface area (Å²) < 4.78 is 14.6. The maximum Gasteiger partial charge on any atom is 0.326 e. The minimum Gasteiger partial charge on any atom is -0.492 e. The zero-order chi connectivity index (χ0) is 40.0. The number of hydrogen-bond donors (Lipinski definition) is 5. The van der Waals surface area contributed by atoms with Crippen molar-refractivity contribution in [3.05, 3.63) is 112 Å². The van der Waals surface area contributed by atoms with Gasteiger partial charge in [-0.1, -0.05) is 84.4 Å². The fourth-order valence-corrected chi connectivity index (χ4v) is 7.57. The SMILES string of the molecule is [2H]N(CCOc1ccc(-c2c(C#N)c(N)nc(SCc3csc(-c4ccc(Cl)cc4)n3)c2C#N)cc1)[C@@H](CCCCN)C(=O)N[C@@H](Cc1ccccc1)C(=O)O. The van der Waals surface area contributed by atoms with Crippen LogP contribution in [0.1, 0.15) is 41.6 Å². The first-order chi connectivity index (χ1) is 27.1. The van der Waals surface area contributed by atoms with Crippen LogP contribution in [0.5, 0.6) is 5.75 Å². The van der Waals surface area contributed by atoms with Crippen LogP contribution in [0.2, 0.25) is 6.43 Å². The zero-order valence-electron chi connectivity index (χ0n) is 30.7. The number of amides is 1. The number of carboxylic acid groups (broad SMARTS) is 1. The van der Waals surface area contributed by atoms with Crippen LogP contribution in [0.15, 0.2) is 89.3 Å². The van der Waals surface area contributed by atoms with E-state index in [1.165, 1.54) is 23.1 Å². The zero-order valence-corrected chi connectivity index (χ0v) is 32.0. The van der Waals surface area contributed by atoms with E-state index in [1.807, 2.05) is 23.6 Å². The van der Waals surface area contributed by atoms with Gasteiger partial charge >= 0.3 is 5.97 Å². The highest BCUT2D eigenvalue weighted by molar-refractivity contribution is 7.98. The van der Waals surface area contributed by atoms with Gasteiger partial charge in [-0.25, -0.2) is 14.8 Å². The molecule has 2 heterocycles. The standard InChI is InChI=1S/C40H39ClN8O4S2/c41-28-13-9-27(10-14-28)38-47-29(23-54-38)24-55-39-32(22-44)35(31(21-43)36(45)49-39)26-11-15-30(16-12-26)53-19-18-46-33(8-4-5-17-42)37(50)48-34(40(51)52)20-25-6-2-1-3-7-25/h1-3,6-7,9-16,23,33-34,46H,4-5,8,17-20,24,42H2,(H2,45,49)(H,48,50)(H,51,52)/t33-,34-/m0/s1/i/hD. The number of pyridine rings is 1. The van der Waals surface area contributed by atoms with E-state index in [2.05, 4.69) is 22.4 Å². The number of nitrogens with zero attached hydrogens (tertiary/aromatic N) is 4. The molecule has 3 aromatic carbocycles. The third-order valence-corrected chi connectivity index (χ3v) is 10.6. The maximum atomic E-state index is 13.3. The average Bonchev–Trinajstić information content (AvgIpc) is 3.68. The van der Waals surface area contributed by atoms with Gasteiger partial charge in [-0.3, -0.25) is 4.79 Å². The lowest BCUT2D eigenvalue weighted by Crippen LogP contribution is -2.51. The summed E-state index contributed by atoms with van der Waals surface area (Å²) in [7, 11) is 0. The number of anilines is 1. The molecule has 0 aliphatic rings. The van der Waals surface area contributed by atoms with E-state index in [1.54, 1.807) is 60.7 Å². The first kappa shape index (κ1) is 39.2. The Morgan fingerprint density at radius 3 is 2.36 bits per heavy atom. The van der Waals surface area contributed by atoms with Crippen molar-refractivity contribution in [2.24, 2.45) is 5.73 Å². The molecule has 0 saturated heterocycles. The van der Waals surface area contributed by atoms with Gasteiger partial charge in [0.1, 0.15) is 53.4 Å². The van der Waals surface area contributed by atoms with Crippen molar-refractivity contribution >= 4 is 52.4 Å². The number of nitrogens with two attached hydrogens (primary N) is 2. The second-order valence-corrected chi connectivity index (χ2v) is 14.5. The monoisotopic (exact) mass is 795 g/mol. The molecule has 0 spiro atoms. The van der Waals surface area contributed by atoms with Crippen molar-refractivity contribution in [2.45, 2.75) is 48.5 Å². The summed E-state index contributed by atoms with van der Waals surface area (Å²) in [6, 6.07) is 25.4. The van der Waals surface area contributed by atoms with Gasteiger partial charge in [0.25, 0.3) is 0 Å². The van der Waals surface area contributed by atoms with Gasteiger partial charge < -0.3 is 31.9 Å². The van der Waals surface area contributed by atoms with Crippen molar-refractivity contribution in [1.29, 1.82) is 10.5 Å². The number of carbonyl (C=O) groups excluding carboxylic acids is 1. The summed E-state index contributed by atoms with van der Waals surface area (Å²) in [6.07, 6.45) is 1.64. The van der Waals surface area contributed by atoms with E-state index in [-0.39, 0.29) is 36.5 Å². The van der Waals surface area contributed by atoms with Gasteiger partial charge in [0.15, 0.2) is 0 Å². The number of aliphatic carboxylic acids is 1. The Bertz CT molecular complexity index is 2200. The minimum absolute atomic E-state index is 0.000195. The van der Waals surface area contributed by atoms with Crippen molar-refractivity contribution in [3.8, 4) is 39.6 Å². The second-order valence-electron chi connectivity index (χ2n) is 12.3. The number of carbonyl (C=O) groups is 2. The number of nitriles is 2. The van der Waals surface area contributed by atoms with Crippen LogP contribution in [0, 0.1) is 22.7 Å². The van der Waals surface area contributed by atoms with Crippen molar-refractivity contribution in [1.82, 2.24) is 20.6 Å². The first-order valence-corrected chi connectivity index (χ1v) is 19.6. The third-order valence-electron chi connectivity index (χ3n) is 8.40. The molecule has 15 heteroatoms. The number of thioether (sulfide) groups is 1. The summed E-state index contributed by atoms with van der Waals surface area (Å²) >= 11 is 8.82. The van der Waals surface area contributed by atoms with Crippen LogP contribution in [0.3, 0.4) is 0 Å². The molecule has 0 fully saturated rings. The van der Waals surface area contributed by atoms with Gasteiger partial charge in [0.2, 0.25) is 5.91 Å². The highest BCUT2D eigenvalue weighted by atomic mass is 35.5. The van der Waals surface area contributed by atoms with Crippen LogP contribution in [0.4, 0.5) is 5.82 Å². The van der Waals surface area contributed by atoms with Crippen LogP contribution in [0.25, 0.3) is 21.7 Å². The molecule has 5 rings (SSSR count). The minimum atomic E-state index is -1.17. The Morgan fingerprint density at radius 1 is 0.982 bits per heavy atom. The average molecular weight is 796 g/mol. The number of ether oxygens (including phenoxy) is 1. The predicted octanol–water partition coefficient (Wildman–Crippen LogP) is 6.42. The van der Waals surface area contributed by atoms with E-state index in [9.17, 15) is 25.2 Å². The lowest BCUT2D eigenvalue weighted by atomic mass is 9.97. The fourth-order valence-electron chi connectivity index (χ4n) is 5.63. The number of aromatic nitrogens is 2. The molecule has 0 unspecified atom stereocenters. The molecule has 2 atom stereocenters. The summed E-state index contributed by atoms with van der Waals surface area (Å²) in [6.45, 7) is 0.508.